The highest BCUT2D eigenvalue weighted by Gasteiger charge is 2.59. The summed E-state index contributed by atoms with van der Waals surface area (Å²) in [4.78, 5) is 52.5. The number of thioether (sulfide) groups is 1. The van der Waals surface area contributed by atoms with E-state index in [2.05, 4.69) is 0 Å². The first kappa shape index (κ1) is 20.1. The molecule has 4 N–H and O–H groups in total. The van der Waals surface area contributed by atoms with Crippen LogP contribution < -0.4 is 25.8 Å². The molecule has 0 radical (unpaired) electrons. The molecule has 10 heteroatoms. The van der Waals surface area contributed by atoms with Crippen LogP contribution in [0.1, 0.15) is 21.8 Å². The lowest BCUT2D eigenvalue weighted by molar-refractivity contribution is -0.131. The number of amides is 3. The Morgan fingerprint density at radius 1 is 1.12 bits per heavy atom. The van der Waals surface area contributed by atoms with E-state index >= 15 is 0 Å². The number of methoxy groups -OCH3 is 1. The number of rotatable bonds is 3. The van der Waals surface area contributed by atoms with Crippen LogP contribution in [0.25, 0.3) is 0 Å². The fourth-order valence-electron chi connectivity index (χ4n) is 4.46. The lowest BCUT2D eigenvalue weighted by Crippen LogP contribution is -2.39. The lowest BCUT2D eigenvalue weighted by atomic mass is 9.77. The van der Waals surface area contributed by atoms with Crippen molar-refractivity contribution in [1.82, 2.24) is 0 Å². The number of hydrogen-bond donors (Lipinski definition) is 2. The Bertz CT molecular complexity index is 1260. The largest absolute Gasteiger partial charge is 0.495 e. The van der Waals surface area contributed by atoms with E-state index in [-0.39, 0.29) is 27.6 Å². The average Bonchev–Trinajstić information content (AvgIpc) is 3.02. The van der Waals surface area contributed by atoms with E-state index in [1.165, 1.54) is 25.3 Å². The van der Waals surface area contributed by atoms with Crippen molar-refractivity contribution in [3.63, 3.8) is 0 Å². The zero-order valence-electron chi connectivity index (χ0n) is 16.7. The number of carbonyl (C=O) groups is 4. The number of fused-ring (bicyclic) bond motifs is 5. The number of carbonyl (C=O) groups excluding carboxylic acids is 4. The molecule has 0 aliphatic carbocycles. The van der Waals surface area contributed by atoms with Gasteiger partial charge in [0.15, 0.2) is 0 Å². The molecule has 162 valence electrons. The maximum atomic E-state index is 13.7. The van der Waals surface area contributed by atoms with Crippen LogP contribution in [0.5, 0.6) is 11.5 Å². The van der Waals surface area contributed by atoms with Gasteiger partial charge in [0.2, 0.25) is 17.7 Å². The Labute approximate surface area is 186 Å². The van der Waals surface area contributed by atoms with E-state index in [0.717, 1.165) is 16.7 Å². The molecule has 3 atom stereocenters. The number of nitrogens with two attached hydrogens (primary N) is 2. The van der Waals surface area contributed by atoms with Gasteiger partial charge in [0, 0.05) is 17.0 Å². The van der Waals surface area contributed by atoms with E-state index in [0.29, 0.717) is 11.3 Å². The Morgan fingerprint density at radius 2 is 1.88 bits per heavy atom. The molecule has 0 saturated carbocycles. The molecule has 5 rings (SSSR count). The summed E-state index contributed by atoms with van der Waals surface area (Å²) in [6.45, 7) is 0. The highest BCUT2D eigenvalue weighted by Crippen LogP contribution is 2.55. The molecule has 3 aliphatic heterocycles. The van der Waals surface area contributed by atoms with Crippen LogP contribution in [0.15, 0.2) is 53.1 Å². The van der Waals surface area contributed by atoms with Gasteiger partial charge in [0.1, 0.15) is 16.7 Å². The third-order valence-corrected chi connectivity index (χ3v) is 7.09. The predicted octanol–water partition coefficient (Wildman–Crippen LogP) is 1.27. The quantitative estimate of drug-likeness (QED) is 0.404. The lowest BCUT2D eigenvalue weighted by Gasteiger charge is -2.36. The van der Waals surface area contributed by atoms with E-state index in [4.69, 9.17) is 20.9 Å². The predicted molar refractivity (Wildman–Crippen MR) is 115 cm³/mol. The molecule has 1 saturated heterocycles. The van der Waals surface area contributed by atoms with Crippen molar-refractivity contribution >= 4 is 41.1 Å². The Kier molecular flexibility index (Phi) is 4.48. The summed E-state index contributed by atoms with van der Waals surface area (Å²) in [6, 6.07) is 11.1. The number of benzene rings is 2. The topological polar surface area (TPSA) is 142 Å². The summed E-state index contributed by atoms with van der Waals surface area (Å²) < 4.78 is 10.7. The minimum atomic E-state index is -0.884. The molecule has 0 unspecified atom stereocenters. The minimum Gasteiger partial charge on any atom is -0.495 e. The maximum absolute atomic E-state index is 13.7. The van der Waals surface area contributed by atoms with Crippen molar-refractivity contribution in [1.29, 1.82) is 0 Å². The normalized spacial score (nSPS) is 24.0. The van der Waals surface area contributed by atoms with Crippen molar-refractivity contribution in [3.05, 3.63) is 64.2 Å². The molecule has 2 aromatic rings. The third-order valence-electron chi connectivity index (χ3n) is 5.87. The second-order valence-corrected chi connectivity index (χ2v) is 8.69. The number of hydrogen-bond acceptors (Lipinski definition) is 8. The summed E-state index contributed by atoms with van der Waals surface area (Å²) >= 11 is 0.967. The van der Waals surface area contributed by atoms with Crippen molar-refractivity contribution < 1.29 is 28.7 Å². The van der Waals surface area contributed by atoms with Gasteiger partial charge in [0.25, 0.3) is 0 Å². The number of imide groups is 1. The molecule has 0 spiro atoms. The smallest absolute Gasteiger partial charge is 0.342 e. The Morgan fingerprint density at radius 3 is 2.59 bits per heavy atom. The molecular weight excluding hydrogens is 434 g/mol. The molecule has 3 heterocycles. The second kappa shape index (κ2) is 7.13. The first-order chi connectivity index (χ1) is 15.3. The fraction of sp³-hybridized carbons (Fsp3) is 0.182. The Balaban J connectivity index is 1.66. The van der Waals surface area contributed by atoms with Crippen molar-refractivity contribution in [2.24, 2.45) is 17.4 Å². The standard InChI is InChI=1S/C22H17N3O6S/c1-30-13-7-6-9(18(23)26)8-11(13)25-20(27)15-14-10-4-2-3-5-12(10)31-22(29)16(14)19(24)32-17(15)21(25)28/h2-8,14-15,17H,24H2,1H3,(H2,23,26)/t14-,15+,17-/m1/s1. The zero-order chi connectivity index (χ0) is 22.7. The van der Waals surface area contributed by atoms with E-state index in [1.54, 1.807) is 24.3 Å². The van der Waals surface area contributed by atoms with Gasteiger partial charge in [-0.25, -0.2) is 9.69 Å². The molecule has 3 aliphatic rings. The minimum absolute atomic E-state index is 0.112. The van der Waals surface area contributed by atoms with Crippen LogP contribution >= 0.6 is 11.8 Å². The van der Waals surface area contributed by atoms with Crippen LogP contribution in [0.4, 0.5) is 5.69 Å². The van der Waals surface area contributed by atoms with Crippen molar-refractivity contribution in [2.75, 3.05) is 12.0 Å². The number of ether oxygens (including phenoxy) is 2. The number of para-hydroxylation sites is 1. The fourth-order valence-corrected chi connectivity index (χ4v) is 5.70. The molecular formula is C22H17N3O6S. The van der Waals surface area contributed by atoms with E-state index < -0.39 is 40.8 Å². The second-order valence-electron chi connectivity index (χ2n) is 7.51. The molecule has 2 aromatic carbocycles. The monoisotopic (exact) mass is 451 g/mol. The maximum Gasteiger partial charge on any atom is 0.342 e. The molecule has 1 fully saturated rings. The Hall–Kier alpha value is -3.79. The number of nitrogens with zero attached hydrogens (tertiary/aromatic N) is 1. The van der Waals surface area contributed by atoms with Gasteiger partial charge in [-0.2, -0.15) is 0 Å². The summed E-state index contributed by atoms with van der Waals surface area (Å²) in [6.07, 6.45) is 0. The van der Waals surface area contributed by atoms with Crippen LogP contribution in [0, 0.1) is 5.92 Å². The first-order valence-corrected chi connectivity index (χ1v) is 10.5. The highest BCUT2D eigenvalue weighted by atomic mass is 32.2. The van der Waals surface area contributed by atoms with Gasteiger partial charge in [-0.1, -0.05) is 30.0 Å². The summed E-state index contributed by atoms with van der Waals surface area (Å²) in [7, 11) is 1.39. The van der Waals surface area contributed by atoms with Crippen molar-refractivity contribution in [2.45, 2.75) is 11.2 Å². The van der Waals surface area contributed by atoms with Crippen molar-refractivity contribution in [3.8, 4) is 11.5 Å². The van der Waals surface area contributed by atoms with E-state index in [9.17, 15) is 19.2 Å². The van der Waals surface area contributed by atoms with E-state index in [1.807, 2.05) is 0 Å². The van der Waals surface area contributed by atoms with Gasteiger partial charge in [0.05, 0.1) is 29.3 Å². The average molecular weight is 451 g/mol. The van der Waals surface area contributed by atoms with Gasteiger partial charge in [-0.15, -0.1) is 0 Å². The van der Waals surface area contributed by atoms with Crippen LogP contribution in [0.3, 0.4) is 0 Å². The molecule has 32 heavy (non-hydrogen) atoms. The first-order valence-electron chi connectivity index (χ1n) is 9.66. The molecule has 0 bridgehead atoms. The van der Waals surface area contributed by atoms with Crippen LogP contribution in [0.2, 0.25) is 0 Å². The van der Waals surface area contributed by atoms with Gasteiger partial charge in [-0.3, -0.25) is 14.4 Å². The number of primary amides is 1. The summed E-state index contributed by atoms with van der Waals surface area (Å²) in [5, 5.41) is -0.700. The molecule has 9 nitrogen and oxygen atoms in total. The molecule has 3 amide bonds. The molecule has 0 aromatic heterocycles. The van der Waals surface area contributed by atoms with Gasteiger partial charge >= 0.3 is 5.97 Å². The summed E-state index contributed by atoms with van der Waals surface area (Å²) in [5.74, 6) is -3.44. The number of anilines is 1. The van der Waals surface area contributed by atoms with Gasteiger partial charge in [-0.05, 0) is 24.3 Å². The van der Waals surface area contributed by atoms with Gasteiger partial charge < -0.3 is 20.9 Å². The van der Waals surface area contributed by atoms with Crippen LogP contribution in [-0.2, 0) is 14.4 Å². The third kappa shape index (κ3) is 2.72. The SMILES string of the molecule is COc1ccc(C(N)=O)cc1N1C(=O)[C@H]2[C@@H]3C(=C(N)S[C@H]2C1=O)C(=O)Oc1ccccc13. The number of esters is 1. The highest BCUT2D eigenvalue weighted by molar-refractivity contribution is 8.04. The zero-order valence-corrected chi connectivity index (χ0v) is 17.5. The van der Waals surface area contributed by atoms with Crippen LogP contribution in [-0.4, -0.2) is 36.1 Å². The summed E-state index contributed by atoms with van der Waals surface area (Å²) in [5.41, 5.74) is 12.6.